The Morgan fingerprint density at radius 2 is 2.00 bits per heavy atom. The van der Waals surface area contributed by atoms with E-state index in [-0.39, 0.29) is 0 Å². The van der Waals surface area contributed by atoms with Crippen LogP contribution in [0.4, 0.5) is 0 Å². The summed E-state index contributed by atoms with van der Waals surface area (Å²) in [4.78, 5) is 2.42. The van der Waals surface area contributed by atoms with Crippen LogP contribution in [0.2, 0.25) is 0 Å². The molecule has 0 atom stereocenters. The van der Waals surface area contributed by atoms with Crippen LogP contribution in [0.1, 0.15) is 26.7 Å². The summed E-state index contributed by atoms with van der Waals surface area (Å²) >= 11 is 0. The molecule has 1 rings (SSSR count). The zero-order chi connectivity index (χ0) is 11.1. The first kappa shape index (κ1) is 12.9. The van der Waals surface area contributed by atoms with E-state index in [4.69, 9.17) is 4.74 Å². The molecule has 0 unspecified atom stereocenters. The molecule has 0 bridgehead atoms. The van der Waals surface area contributed by atoms with Crippen LogP contribution in [0.15, 0.2) is 0 Å². The van der Waals surface area contributed by atoms with Crippen molar-refractivity contribution in [1.29, 1.82) is 0 Å². The standard InChI is InChI=1S/C12H26N2O/c1-4-15-10-7-13-11-12(2)5-8-14(3)9-6-12/h13H,4-11H2,1-3H3. The monoisotopic (exact) mass is 214 g/mol. The first-order valence-electron chi connectivity index (χ1n) is 6.13. The lowest BCUT2D eigenvalue weighted by molar-refractivity contribution is 0.123. The maximum atomic E-state index is 5.30. The number of likely N-dealkylation sites (tertiary alicyclic amines) is 1. The van der Waals surface area contributed by atoms with Gasteiger partial charge in [0.15, 0.2) is 0 Å². The maximum absolute atomic E-state index is 5.30. The molecule has 1 N–H and O–H groups in total. The van der Waals surface area contributed by atoms with Crippen molar-refractivity contribution in [2.45, 2.75) is 26.7 Å². The Labute approximate surface area is 94.2 Å². The minimum Gasteiger partial charge on any atom is -0.380 e. The molecule has 90 valence electrons. The largest absolute Gasteiger partial charge is 0.380 e. The van der Waals surface area contributed by atoms with E-state index in [2.05, 4.69) is 24.2 Å². The zero-order valence-electron chi connectivity index (χ0n) is 10.5. The lowest BCUT2D eigenvalue weighted by Gasteiger charge is -2.38. The van der Waals surface area contributed by atoms with E-state index in [0.29, 0.717) is 5.41 Å². The summed E-state index contributed by atoms with van der Waals surface area (Å²) < 4.78 is 5.30. The van der Waals surface area contributed by atoms with Crippen LogP contribution in [-0.4, -0.2) is 51.3 Å². The topological polar surface area (TPSA) is 24.5 Å². The van der Waals surface area contributed by atoms with Crippen molar-refractivity contribution in [3.05, 3.63) is 0 Å². The number of nitrogens with one attached hydrogen (secondary N) is 1. The van der Waals surface area contributed by atoms with Crippen molar-refractivity contribution in [2.24, 2.45) is 5.41 Å². The molecule has 0 aromatic heterocycles. The molecule has 3 nitrogen and oxygen atoms in total. The highest BCUT2D eigenvalue weighted by Crippen LogP contribution is 2.29. The highest BCUT2D eigenvalue weighted by molar-refractivity contribution is 4.83. The molecule has 1 heterocycles. The molecule has 1 fully saturated rings. The summed E-state index contributed by atoms with van der Waals surface area (Å²) in [6, 6.07) is 0. The Morgan fingerprint density at radius 3 is 2.60 bits per heavy atom. The Morgan fingerprint density at radius 1 is 1.33 bits per heavy atom. The highest BCUT2D eigenvalue weighted by atomic mass is 16.5. The van der Waals surface area contributed by atoms with Gasteiger partial charge in [0.25, 0.3) is 0 Å². The predicted octanol–water partition coefficient (Wildman–Crippen LogP) is 1.34. The van der Waals surface area contributed by atoms with E-state index in [1.165, 1.54) is 25.9 Å². The van der Waals surface area contributed by atoms with Gasteiger partial charge < -0.3 is 15.0 Å². The Balaban J connectivity index is 2.08. The second-order valence-electron chi connectivity index (χ2n) is 4.99. The van der Waals surface area contributed by atoms with Crippen molar-refractivity contribution in [3.8, 4) is 0 Å². The van der Waals surface area contributed by atoms with Gasteiger partial charge in [-0.15, -0.1) is 0 Å². The molecule has 0 aromatic rings. The lowest BCUT2D eigenvalue weighted by Crippen LogP contribution is -2.42. The minimum atomic E-state index is 0.499. The quantitative estimate of drug-likeness (QED) is 0.675. The van der Waals surface area contributed by atoms with Gasteiger partial charge in [0.2, 0.25) is 0 Å². The average Bonchev–Trinajstić information content (AvgIpc) is 2.23. The summed E-state index contributed by atoms with van der Waals surface area (Å²) in [6.45, 7) is 10.7. The summed E-state index contributed by atoms with van der Waals surface area (Å²) in [5.41, 5.74) is 0.499. The highest BCUT2D eigenvalue weighted by Gasteiger charge is 2.27. The van der Waals surface area contributed by atoms with Gasteiger partial charge in [-0.3, -0.25) is 0 Å². The second kappa shape index (κ2) is 6.46. The first-order chi connectivity index (χ1) is 7.16. The Bertz CT molecular complexity index is 165. The molecule has 3 heteroatoms. The molecular formula is C12H26N2O. The van der Waals surface area contributed by atoms with E-state index in [1.807, 2.05) is 6.92 Å². The van der Waals surface area contributed by atoms with Gasteiger partial charge in [0, 0.05) is 19.7 Å². The van der Waals surface area contributed by atoms with Crippen molar-refractivity contribution in [1.82, 2.24) is 10.2 Å². The maximum Gasteiger partial charge on any atom is 0.0590 e. The molecule has 0 amide bonds. The van der Waals surface area contributed by atoms with E-state index in [1.54, 1.807) is 0 Å². The molecule has 1 aliphatic heterocycles. The third kappa shape index (κ3) is 4.96. The fourth-order valence-electron chi connectivity index (χ4n) is 2.01. The predicted molar refractivity (Wildman–Crippen MR) is 64.2 cm³/mol. The van der Waals surface area contributed by atoms with Crippen LogP contribution in [0.25, 0.3) is 0 Å². The van der Waals surface area contributed by atoms with Crippen molar-refractivity contribution in [2.75, 3.05) is 46.4 Å². The van der Waals surface area contributed by atoms with Crippen LogP contribution in [0.3, 0.4) is 0 Å². The van der Waals surface area contributed by atoms with Gasteiger partial charge in [0.1, 0.15) is 0 Å². The van der Waals surface area contributed by atoms with Crippen LogP contribution in [0.5, 0.6) is 0 Å². The molecule has 0 aliphatic carbocycles. The molecule has 0 aromatic carbocycles. The van der Waals surface area contributed by atoms with E-state index in [0.717, 1.165) is 26.3 Å². The summed E-state index contributed by atoms with van der Waals surface area (Å²) in [6.07, 6.45) is 2.62. The normalized spacial score (nSPS) is 21.8. The number of ether oxygens (including phenoxy) is 1. The van der Waals surface area contributed by atoms with Gasteiger partial charge in [-0.25, -0.2) is 0 Å². The second-order valence-corrected chi connectivity index (χ2v) is 4.99. The summed E-state index contributed by atoms with van der Waals surface area (Å²) in [5.74, 6) is 0. The average molecular weight is 214 g/mol. The van der Waals surface area contributed by atoms with Crippen molar-refractivity contribution >= 4 is 0 Å². The Kier molecular flexibility index (Phi) is 5.58. The summed E-state index contributed by atoms with van der Waals surface area (Å²) in [7, 11) is 2.21. The van der Waals surface area contributed by atoms with Gasteiger partial charge >= 0.3 is 0 Å². The number of hydrogen-bond acceptors (Lipinski definition) is 3. The molecule has 0 spiro atoms. The van der Waals surface area contributed by atoms with E-state index >= 15 is 0 Å². The fourth-order valence-corrected chi connectivity index (χ4v) is 2.01. The van der Waals surface area contributed by atoms with E-state index < -0.39 is 0 Å². The number of hydrogen-bond donors (Lipinski definition) is 1. The SMILES string of the molecule is CCOCCNCC1(C)CCN(C)CC1. The van der Waals surface area contributed by atoms with Crippen molar-refractivity contribution < 1.29 is 4.74 Å². The molecular weight excluding hydrogens is 188 g/mol. The minimum absolute atomic E-state index is 0.499. The van der Waals surface area contributed by atoms with Crippen LogP contribution < -0.4 is 5.32 Å². The summed E-state index contributed by atoms with van der Waals surface area (Å²) in [5, 5.41) is 3.50. The van der Waals surface area contributed by atoms with Crippen LogP contribution >= 0.6 is 0 Å². The number of nitrogens with zero attached hydrogens (tertiary/aromatic N) is 1. The van der Waals surface area contributed by atoms with Gasteiger partial charge in [0.05, 0.1) is 6.61 Å². The van der Waals surface area contributed by atoms with Gasteiger partial charge in [-0.1, -0.05) is 6.92 Å². The van der Waals surface area contributed by atoms with Gasteiger partial charge in [-0.2, -0.15) is 0 Å². The molecule has 1 saturated heterocycles. The molecule has 15 heavy (non-hydrogen) atoms. The van der Waals surface area contributed by atoms with Crippen LogP contribution in [-0.2, 0) is 4.74 Å². The third-order valence-electron chi connectivity index (χ3n) is 3.37. The molecule has 1 aliphatic rings. The van der Waals surface area contributed by atoms with Crippen molar-refractivity contribution in [3.63, 3.8) is 0 Å². The van der Waals surface area contributed by atoms with E-state index in [9.17, 15) is 0 Å². The number of rotatable bonds is 6. The Hall–Kier alpha value is -0.120. The third-order valence-corrected chi connectivity index (χ3v) is 3.37. The number of piperidine rings is 1. The first-order valence-corrected chi connectivity index (χ1v) is 6.13. The molecule has 0 saturated carbocycles. The smallest absolute Gasteiger partial charge is 0.0590 e. The zero-order valence-corrected chi connectivity index (χ0v) is 10.5. The molecule has 0 radical (unpaired) electrons. The van der Waals surface area contributed by atoms with Crippen LogP contribution in [0, 0.1) is 5.41 Å². The lowest BCUT2D eigenvalue weighted by atomic mass is 9.80. The fraction of sp³-hybridized carbons (Fsp3) is 1.00. The van der Waals surface area contributed by atoms with Gasteiger partial charge in [-0.05, 0) is 45.3 Å².